The molecule has 0 saturated carbocycles. The van der Waals surface area contributed by atoms with Crippen LogP contribution in [-0.4, -0.2) is 159 Å². The van der Waals surface area contributed by atoms with Crippen molar-refractivity contribution in [3.8, 4) is 0 Å². The average Bonchev–Trinajstić information content (AvgIpc) is 3.17. The summed E-state index contributed by atoms with van der Waals surface area (Å²) in [5.74, 6) is -35.8. The van der Waals surface area contributed by atoms with Gasteiger partial charge in [-0.25, -0.2) is 14.4 Å². The highest BCUT2D eigenvalue weighted by Gasteiger charge is 2.78. The van der Waals surface area contributed by atoms with Crippen molar-refractivity contribution in [2.24, 2.45) is 0 Å². The first-order chi connectivity index (χ1) is 31.8. The third-order valence-corrected chi connectivity index (χ3v) is 7.26. The lowest BCUT2D eigenvalue weighted by atomic mass is 10.2. The summed E-state index contributed by atoms with van der Waals surface area (Å²) in [5.41, 5.74) is 0. The number of halogens is 32. The van der Waals surface area contributed by atoms with Gasteiger partial charge in [-0.15, -0.1) is 0 Å². The molecule has 0 spiro atoms. The standard InChI is InChI=1S/C20H15F23O8.C9H9F9O4/c1-2-12(23,24)50-7(14(26,27)28)5-48-13(25,18(36,37)38)10(45)47-4-3-46-9(44)8(15(29,30)31)51-20(42,43)16(32,19(39,40)41)49-6-11(21,22)17(33,34)35;1-2-6(10,11)22-4(8(13,14)15)3-21-7(12,5(19)20)9(16,17)18/h7-8H,2-6H2,1H3;4H,2-3H2,1H3,(H,19,20). The van der Waals surface area contributed by atoms with Gasteiger partial charge in [0, 0.05) is 12.8 Å². The molecule has 0 aromatic carbocycles. The number of ether oxygens (including phenoxy) is 8. The Labute approximate surface area is 379 Å². The van der Waals surface area contributed by atoms with Crippen molar-refractivity contribution in [2.45, 2.75) is 130 Å². The van der Waals surface area contributed by atoms with Gasteiger partial charge < -0.3 is 38.3 Å². The van der Waals surface area contributed by atoms with Gasteiger partial charge >= 0.3 is 103 Å². The number of rotatable bonds is 24. The van der Waals surface area contributed by atoms with Gasteiger partial charge in [0.15, 0.2) is 12.2 Å². The third kappa shape index (κ3) is 19.9. The van der Waals surface area contributed by atoms with E-state index in [-0.39, 0.29) is 0 Å². The van der Waals surface area contributed by atoms with Gasteiger partial charge in [0.05, 0.1) is 13.2 Å². The number of hydrogen-bond acceptors (Lipinski definition) is 11. The fourth-order valence-corrected chi connectivity index (χ4v) is 3.40. The minimum atomic E-state index is -7.55. The van der Waals surface area contributed by atoms with E-state index in [1.807, 2.05) is 0 Å². The second-order valence-electron chi connectivity index (χ2n) is 12.8. The molecule has 0 aromatic rings. The molecule has 436 valence electrons. The Kier molecular flexibility index (Phi) is 23.2. The summed E-state index contributed by atoms with van der Waals surface area (Å²) in [5, 5.41) is 8.07. The van der Waals surface area contributed by atoms with Crippen LogP contribution in [0, 0.1) is 0 Å². The fourth-order valence-electron chi connectivity index (χ4n) is 3.40. The zero-order valence-electron chi connectivity index (χ0n) is 34.2. The normalized spacial score (nSPS) is 18.0. The molecule has 0 fully saturated rings. The highest BCUT2D eigenvalue weighted by Crippen LogP contribution is 2.50. The quantitative estimate of drug-likeness (QED) is 0.0558. The van der Waals surface area contributed by atoms with E-state index >= 15 is 0 Å². The number of hydrogen-bond donors (Lipinski definition) is 1. The van der Waals surface area contributed by atoms with Crippen molar-refractivity contribution >= 4 is 17.9 Å². The van der Waals surface area contributed by atoms with Crippen molar-refractivity contribution < 1.29 is 198 Å². The van der Waals surface area contributed by atoms with Crippen LogP contribution < -0.4 is 0 Å². The second kappa shape index (κ2) is 23.9. The number of carbonyl (C=O) groups is 3. The summed E-state index contributed by atoms with van der Waals surface area (Å²) in [4.78, 5) is 33.4. The molecule has 1 N–H and O–H groups in total. The molecule has 0 aromatic heterocycles. The molecular weight excluding hydrogens is 1150 g/mol. The molecule has 0 amide bonds. The molecule has 0 aliphatic rings. The Morgan fingerprint density at radius 1 is 0.438 bits per heavy atom. The highest BCUT2D eigenvalue weighted by molar-refractivity contribution is 5.79. The Morgan fingerprint density at radius 2 is 0.795 bits per heavy atom. The number of carboxylic acid groups (broad SMARTS) is 1. The van der Waals surface area contributed by atoms with Crippen LogP contribution in [0.2, 0.25) is 0 Å². The lowest BCUT2D eigenvalue weighted by Gasteiger charge is -2.36. The number of carboxylic acids is 1. The Bertz CT molecular complexity index is 1770. The molecule has 0 aliphatic heterocycles. The van der Waals surface area contributed by atoms with E-state index in [1.54, 1.807) is 0 Å². The maximum atomic E-state index is 14.4. The SMILES string of the molecule is CCC(F)(F)OC(COC(F)(C(=O)O)C(F)(F)F)C(F)(F)F.CCC(F)(F)OC(COC(F)(C(=O)OCCOC(=O)C(OC(F)(F)C(F)(OCC(F)(F)C(F)(F)F)C(F)(F)F)C(F)(F)F)C(F)(F)F)C(F)(F)F. The van der Waals surface area contributed by atoms with E-state index < -0.39 is 167 Å². The van der Waals surface area contributed by atoms with Crippen molar-refractivity contribution in [1.29, 1.82) is 0 Å². The lowest BCUT2D eigenvalue weighted by molar-refractivity contribution is -0.479. The van der Waals surface area contributed by atoms with Crippen LogP contribution in [0.15, 0.2) is 0 Å². The Morgan fingerprint density at radius 3 is 1.08 bits per heavy atom. The zero-order valence-corrected chi connectivity index (χ0v) is 34.2. The average molecular weight is 1170 g/mol. The highest BCUT2D eigenvalue weighted by atomic mass is 19.4. The monoisotopic (exact) mass is 1170 g/mol. The molecular formula is C29H24F32O12. The molecule has 0 heterocycles. The number of esters is 2. The van der Waals surface area contributed by atoms with Crippen LogP contribution in [-0.2, 0) is 52.3 Å². The van der Waals surface area contributed by atoms with Crippen molar-refractivity contribution in [3.63, 3.8) is 0 Å². The lowest BCUT2D eigenvalue weighted by Crippen LogP contribution is -2.62. The summed E-state index contributed by atoms with van der Waals surface area (Å²) in [6.07, 6.45) is -78.3. The van der Waals surface area contributed by atoms with Crippen molar-refractivity contribution in [1.82, 2.24) is 0 Å². The minimum Gasteiger partial charge on any atom is -0.477 e. The smallest absolute Gasteiger partial charge is 0.460 e. The topological polar surface area (TPSA) is 145 Å². The van der Waals surface area contributed by atoms with E-state index in [1.165, 1.54) is 0 Å². The van der Waals surface area contributed by atoms with Gasteiger partial charge in [0.1, 0.15) is 19.8 Å². The molecule has 44 heteroatoms. The predicted octanol–water partition coefficient (Wildman–Crippen LogP) is 10.5. The van der Waals surface area contributed by atoms with Crippen LogP contribution in [0.3, 0.4) is 0 Å². The van der Waals surface area contributed by atoms with Crippen LogP contribution in [0.5, 0.6) is 0 Å². The first kappa shape index (κ1) is 71.0. The first-order valence-corrected chi connectivity index (χ1v) is 17.4. The van der Waals surface area contributed by atoms with Gasteiger partial charge in [0.2, 0.25) is 0 Å². The summed E-state index contributed by atoms with van der Waals surface area (Å²) in [7, 11) is 0. The predicted molar refractivity (Wildman–Crippen MR) is 156 cm³/mol. The molecule has 73 heavy (non-hydrogen) atoms. The van der Waals surface area contributed by atoms with E-state index in [4.69, 9.17) is 5.11 Å². The van der Waals surface area contributed by atoms with Gasteiger partial charge in [-0.1, -0.05) is 13.8 Å². The van der Waals surface area contributed by atoms with E-state index in [0.717, 1.165) is 0 Å². The number of alkyl halides is 32. The van der Waals surface area contributed by atoms with Crippen LogP contribution in [0.1, 0.15) is 26.7 Å². The van der Waals surface area contributed by atoms with E-state index in [2.05, 4.69) is 37.9 Å². The van der Waals surface area contributed by atoms with Crippen LogP contribution in [0.25, 0.3) is 0 Å². The van der Waals surface area contributed by atoms with Crippen molar-refractivity contribution in [2.75, 3.05) is 33.0 Å². The molecule has 0 radical (unpaired) electrons. The number of carbonyl (C=O) groups excluding carboxylic acids is 2. The van der Waals surface area contributed by atoms with Crippen molar-refractivity contribution in [3.05, 3.63) is 0 Å². The van der Waals surface area contributed by atoms with Gasteiger partial charge in [-0.05, 0) is 0 Å². The van der Waals surface area contributed by atoms with E-state index in [0.29, 0.717) is 13.8 Å². The molecule has 0 bridgehead atoms. The van der Waals surface area contributed by atoms with E-state index in [9.17, 15) is 155 Å². The molecule has 0 rings (SSSR count). The number of aliphatic carboxylic acids is 1. The molecule has 6 atom stereocenters. The zero-order chi connectivity index (χ0) is 59.1. The second-order valence-corrected chi connectivity index (χ2v) is 12.8. The molecule has 0 saturated heterocycles. The van der Waals surface area contributed by atoms with Crippen LogP contribution in [0.4, 0.5) is 140 Å². The maximum Gasteiger partial charge on any atom is 0.460 e. The maximum absolute atomic E-state index is 14.4. The van der Waals surface area contributed by atoms with Gasteiger partial charge in [-0.2, -0.15) is 140 Å². The minimum absolute atomic E-state index is 0.500. The summed E-state index contributed by atoms with van der Waals surface area (Å²) in [6.45, 7) is -12.5. The molecule has 6 unspecified atom stereocenters. The first-order valence-electron chi connectivity index (χ1n) is 17.4. The van der Waals surface area contributed by atoms with Crippen LogP contribution >= 0.6 is 0 Å². The largest absolute Gasteiger partial charge is 0.477 e. The summed E-state index contributed by atoms with van der Waals surface area (Å²) < 4.78 is 437. The fraction of sp³-hybridized carbons (Fsp3) is 0.897. The summed E-state index contributed by atoms with van der Waals surface area (Å²) in [6, 6.07) is 0. The Balaban J connectivity index is 0. The van der Waals surface area contributed by atoms with Gasteiger partial charge in [-0.3, -0.25) is 4.74 Å². The third-order valence-electron chi connectivity index (χ3n) is 7.26. The summed E-state index contributed by atoms with van der Waals surface area (Å²) >= 11 is 0. The molecule has 12 nitrogen and oxygen atoms in total. The van der Waals surface area contributed by atoms with Gasteiger partial charge in [0.25, 0.3) is 6.10 Å². The molecule has 0 aliphatic carbocycles. The Hall–Kier alpha value is -4.07.